The molecule has 0 aromatic heterocycles. The molecule has 1 atom stereocenters. The maximum absolute atomic E-state index is 11.5. The van der Waals surface area contributed by atoms with Crippen molar-refractivity contribution in [1.29, 1.82) is 0 Å². The minimum Gasteiger partial charge on any atom is -0.304 e. The molecule has 1 saturated heterocycles. The van der Waals surface area contributed by atoms with Crippen LogP contribution in [0.1, 0.15) is 11.1 Å². The zero-order valence-corrected chi connectivity index (χ0v) is 8.86. The summed E-state index contributed by atoms with van der Waals surface area (Å²) in [6.07, 6.45) is 0.740. The second-order valence-corrected chi connectivity index (χ2v) is 3.92. The highest BCUT2D eigenvalue weighted by atomic mass is 16.2. The highest BCUT2D eigenvalue weighted by molar-refractivity contribution is 5.82. The van der Waals surface area contributed by atoms with Gasteiger partial charge in [0.1, 0.15) is 0 Å². The average Bonchev–Trinajstić information content (AvgIpc) is 2.22. The number of benzene rings is 1. The Bertz CT molecular complexity index is 362. The van der Waals surface area contributed by atoms with E-state index >= 15 is 0 Å². The zero-order valence-electron chi connectivity index (χ0n) is 8.86. The molecule has 1 aliphatic heterocycles. The topological polar surface area (TPSA) is 43.2 Å². The first-order chi connectivity index (χ1) is 7.25. The summed E-state index contributed by atoms with van der Waals surface area (Å²) >= 11 is 0. The van der Waals surface area contributed by atoms with E-state index in [1.165, 1.54) is 11.1 Å². The van der Waals surface area contributed by atoms with E-state index in [0.29, 0.717) is 6.54 Å². The molecule has 3 nitrogen and oxygen atoms in total. The van der Waals surface area contributed by atoms with E-state index in [2.05, 4.69) is 35.8 Å². The molecule has 0 spiro atoms. The van der Waals surface area contributed by atoms with Gasteiger partial charge >= 0.3 is 0 Å². The average molecular weight is 203 g/mol. The molecule has 0 bridgehead atoms. The van der Waals surface area contributed by atoms with Crippen molar-refractivity contribution in [3.8, 4) is 0 Å². The van der Waals surface area contributed by atoms with Gasteiger partial charge in [-0.2, -0.15) is 0 Å². The van der Waals surface area contributed by atoms with Crippen LogP contribution >= 0.6 is 0 Å². The van der Waals surface area contributed by atoms with Crippen LogP contribution in [0.5, 0.6) is 0 Å². The van der Waals surface area contributed by atoms with Gasteiger partial charge in [-0.05, 0) is 18.9 Å². The lowest BCUT2D eigenvalue weighted by Crippen LogP contribution is -2.50. The summed E-state index contributed by atoms with van der Waals surface area (Å²) < 4.78 is 0. The molecule has 1 N–H and O–H groups in total. The van der Waals surface area contributed by atoms with Gasteiger partial charge in [-0.15, -0.1) is 0 Å². The van der Waals surface area contributed by atoms with Crippen LogP contribution in [-0.4, -0.2) is 25.0 Å². The van der Waals surface area contributed by atoms with Crippen molar-refractivity contribution in [3.63, 3.8) is 0 Å². The summed E-state index contributed by atoms with van der Waals surface area (Å²) in [5.41, 5.74) is 2.42. The van der Waals surface area contributed by atoms with Crippen molar-refractivity contribution in [2.45, 2.75) is 19.4 Å². The lowest BCUT2D eigenvalue weighted by Gasteiger charge is -2.21. The van der Waals surface area contributed by atoms with Gasteiger partial charge in [-0.3, -0.25) is 4.79 Å². The number of hydrogen-bond donors (Lipinski definition) is 1. The molecule has 1 radical (unpaired) electrons. The fourth-order valence-electron chi connectivity index (χ4n) is 1.84. The van der Waals surface area contributed by atoms with Crippen LogP contribution in [0.4, 0.5) is 0 Å². The summed E-state index contributed by atoms with van der Waals surface area (Å²) in [4.78, 5) is 11.5. The normalized spacial score (nSPS) is 21.1. The summed E-state index contributed by atoms with van der Waals surface area (Å²) in [6, 6.07) is 8.12. The Morgan fingerprint density at radius 2 is 2.40 bits per heavy atom. The van der Waals surface area contributed by atoms with Crippen molar-refractivity contribution in [2.24, 2.45) is 0 Å². The molecule has 1 aliphatic rings. The molecule has 1 aromatic carbocycles. The van der Waals surface area contributed by atoms with Crippen molar-refractivity contribution < 1.29 is 4.79 Å². The van der Waals surface area contributed by atoms with E-state index in [1.54, 1.807) is 0 Å². The molecule has 15 heavy (non-hydrogen) atoms. The minimum absolute atomic E-state index is 0.0113. The Morgan fingerprint density at radius 3 is 3.13 bits per heavy atom. The Hall–Kier alpha value is -1.35. The Kier molecular flexibility index (Phi) is 3.02. The fourth-order valence-corrected chi connectivity index (χ4v) is 1.84. The maximum atomic E-state index is 11.5. The van der Waals surface area contributed by atoms with Crippen LogP contribution in [0.25, 0.3) is 0 Å². The number of aryl methyl sites for hydroxylation is 1. The summed E-state index contributed by atoms with van der Waals surface area (Å²) in [6.45, 7) is 3.48. The molecule has 2 rings (SSSR count). The highest BCUT2D eigenvalue weighted by Gasteiger charge is 2.22. The van der Waals surface area contributed by atoms with Crippen molar-refractivity contribution in [1.82, 2.24) is 10.6 Å². The van der Waals surface area contributed by atoms with E-state index in [1.807, 2.05) is 6.07 Å². The van der Waals surface area contributed by atoms with E-state index in [-0.39, 0.29) is 11.9 Å². The number of amides is 1. The predicted molar refractivity (Wildman–Crippen MR) is 58.7 cm³/mol. The lowest BCUT2D eigenvalue weighted by atomic mass is 10.0. The number of hydrogen-bond acceptors (Lipinski definition) is 2. The van der Waals surface area contributed by atoms with Gasteiger partial charge in [-0.1, -0.05) is 29.8 Å². The zero-order chi connectivity index (χ0) is 10.7. The molecule has 1 unspecified atom stereocenters. The third-order valence-corrected chi connectivity index (χ3v) is 2.59. The molecule has 0 aliphatic carbocycles. The third kappa shape index (κ3) is 2.57. The van der Waals surface area contributed by atoms with E-state index in [4.69, 9.17) is 0 Å². The molecular formula is C12H15N2O. The highest BCUT2D eigenvalue weighted by Crippen LogP contribution is 2.08. The van der Waals surface area contributed by atoms with E-state index in [0.717, 1.165) is 13.0 Å². The molecule has 79 valence electrons. The number of nitrogens with one attached hydrogen (secondary N) is 1. The molecule has 1 fully saturated rings. The standard InChI is InChI=1S/C12H15N2O/c1-9-3-2-4-10(7-9)8-11-12(15)14-6-5-13-11/h2-4,7,11,13H,5-6,8H2,1H3. The SMILES string of the molecule is Cc1cccc(CC2NCC[N]C2=O)c1. The summed E-state index contributed by atoms with van der Waals surface area (Å²) in [5, 5.41) is 7.12. The monoisotopic (exact) mass is 203 g/mol. The third-order valence-electron chi connectivity index (χ3n) is 2.59. The maximum Gasteiger partial charge on any atom is 0.258 e. The van der Waals surface area contributed by atoms with Crippen LogP contribution in [0.15, 0.2) is 24.3 Å². The Balaban J connectivity index is 2.04. The Labute approximate surface area is 89.9 Å². The number of rotatable bonds is 2. The first-order valence-electron chi connectivity index (χ1n) is 5.26. The second kappa shape index (κ2) is 4.45. The van der Waals surface area contributed by atoms with Crippen molar-refractivity contribution in [3.05, 3.63) is 35.4 Å². The van der Waals surface area contributed by atoms with Crippen LogP contribution in [0.2, 0.25) is 0 Å². The Morgan fingerprint density at radius 1 is 1.53 bits per heavy atom. The van der Waals surface area contributed by atoms with E-state index in [9.17, 15) is 4.79 Å². The second-order valence-electron chi connectivity index (χ2n) is 3.92. The smallest absolute Gasteiger partial charge is 0.258 e. The molecule has 1 aromatic rings. The number of nitrogens with zero attached hydrogens (tertiary/aromatic N) is 1. The minimum atomic E-state index is -0.124. The van der Waals surface area contributed by atoms with Crippen LogP contribution in [0, 0.1) is 6.92 Å². The predicted octanol–water partition coefficient (Wildman–Crippen LogP) is 0.640. The van der Waals surface area contributed by atoms with Gasteiger partial charge in [0, 0.05) is 6.54 Å². The lowest BCUT2D eigenvalue weighted by molar-refractivity contribution is -0.124. The van der Waals surface area contributed by atoms with Gasteiger partial charge in [0.25, 0.3) is 5.91 Å². The fraction of sp³-hybridized carbons (Fsp3) is 0.417. The van der Waals surface area contributed by atoms with Gasteiger partial charge in [0.05, 0.1) is 12.6 Å². The van der Waals surface area contributed by atoms with Crippen LogP contribution in [0.3, 0.4) is 0 Å². The number of carbonyl (C=O) groups excluding carboxylic acids is 1. The first-order valence-corrected chi connectivity index (χ1v) is 5.26. The number of carbonyl (C=O) groups is 1. The quantitative estimate of drug-likeness (QED) is 0.766. The van der Waals surface area contributed by atoms with Gasteiger partial charge in [-0.25, -0.2) is 5.32 Å². The van der Waals surface area contributed by atoms with Crippen LogP contribution in [-0.2, 0) is 11.2 Å². The van der Waals surface area contributed by atoms with Gasteiger partial charge in [0.2, 0.25) is 0 Å². The molecule has 3 heteroatoms. The summed E-state index contributed by atoms with van der Waals surface area (Å²) in [7, 11) is 0. The van der Waals surface area contributed by atoms with Crippen molar-refractivity contribution >= 4 is 5.91 Å². The van der Waals surface area contributed by atoms with Crippen LogP contribution < -0.4 is 10.6 Å². The molecular weight excluding hydrogens is 188 g/mol. The van der Waals surface area contributed by atoms with Gasteiger partial charge < -0.3 is 5.32 Å². The van der Waals surface area contributed by atoms with E-state index < -0.39 is 0 Å². The van der Waals surface area contributed by atoms with Gasteiger partial charge in [0.15, 0.2) is 0 Å². The van der Waals surface area contributed by atoms with Crippen molar-refractivity contribution in [2.75, 3.05) is 13.1 Å². The number of piperazine rings is 1. The first kappa shape index (κ1) is 10.2. The molecule has 0 saturated carbocycles. The molecule has 1 amide bonds. The summed E-state index contributed by atoms with van der Waals surface area (Å²) in [5.74, 6) is -0.0113. The molecule has 1 heterocycles. The largest absolute Gasteiger partial charge is 0.304 e.